The molecule has 0 saturated carbocycles. The SMILES string of the molecule is O=C1OC(c2cccc(F)c2)=N/C1=C\c1ccc(Cl)cc1. The summed E-state index contributed by atoms with van der Waals surface area (Å²) in [6.45, 7) is 0. The maximum atomic E-state index is 13.2. The molecule has 1 aliphatic heterocycles. The minimum absolute atomic E-state index is 0.0970. The lowest BCUT2D eigenvalue weighted by molar-refractivity contribution is -0.129. The molecular formula is C16H9ClFNO2. The monoisotopic (exact) mass is 301 g/mol. The van der Waals surface area contributed by atoms with Crippen LogP contribution >= 0.6 is 11.6 Å². The van der Waals surface area contributed by atoms with Crippen molar-refractivity contribution in [2.45, 2.75) is 0 Å². The summed E-state index contributed by atoms with van der Waals surface area (Å²) >= 11 is 5.80. The summed E-state index contributed by atoms with van der Waals surface area (Å²) in [5.74, 6) is -0.884. The van der Waals surface area contributed by atoms with Crippen molar-refractivity contribution in [3.63, 3.8) is 0 Å². The van der Waals surface area contributed by atoms with Crippen LogP contribution in [0.3, 0.4) is 0 Å². The first-order chi connectivity index (χ1) is 10.1. The predicted octanol–water partition coefficient (Wildman–Crippen LogP) is 3.82. The largest absolute Gasteiger partial charge is 0.402 e. The summed E-state index contributed by atoms with van der Waals surface area (Å²) < 4.78 is 18.2. The number of cyclic esters (lactones) is 1. The Morgan fingerprint density at radius 3 is 2.62 bits per heavy atom. The summed E-state index contributed by atoms with van der Waals surface area (Å²) in [7, 11) is 0. The van der Waals surface area contributed by atoms with Crippen LogP contribution in [0.1, 0.15) is 11.1 Å². The Hall–Kier alpha value is -2.46. The molecular weight excluding hydrogens is 293 g/mol. The Kier molecular flexibility index (Phi) is 3.54. The summed E-state index contributed by atoms with van der Waals surface area (Å²) in [5.41, 5.74) is 1.36. The summed E-state index contributed by atoms with van der Waals surface area (Å²) in [4.78, 5) is 15.9. The Labute approximate surface area is 125 Å². The molecule has 1 heterocycles. The third-order valence-electron chi connectivity index (χ3n) is 2.87. The molecule has 0 radical (unpaired) electrons. The van der Waals surface area contributed by atoms with Gasteiger partial charge in [0.2, 0.25) is 5.90 Å². The van der Waals surface area contributed by atoms with Crippen molar-refractivity contribution >= 4 is 29.5 Å². The molecule has 0 aromatic heterocycles. The molecule has 1 aliphatic rings. The molecule has 0 bridgehead atoms. The van der Waals surface area contributed by atoms with E-state index in [2.05, 4.69) is 4.99 Å². The number of ether oxygens (including phenoxy) is 1. The molecule has 0 saturated heterocycles. The zero-order valence-corrected chi connectivity index (χ0v) is 11.5. The van der Waals surface area contributed by atoms with Gasteiger partial charge >= 0.3 is 5.97 Å². The van der Waals surface area contributed by atoms with Crippen LogP contribution in [0, 0.1) is 5.82 Å². The highest BCUT2D eigenvalue weighted by atomic mass is 35.5. The van der Waals surface area contributed by atoms with E-state index in [1.165, 1.54) is 18.2 Å². The van der Waals surface area contributed by atoms with Gasteiger partial charge in [-0.15, -0.1) is 0 Å². The average molecular weight is 302 g/mol. The zero-order chi connectivity index (χ0) is 14.8. The fourth-order valence-corrected chi connectivity index (χ4v) is 2.00. The Morgan fingerprint density at radius 2 is 1.90 bits per heavy atom. The van der Waals surface area contributed by atoms with E-state index < -0.39 is 11.8 Å². The highest BCUT2D eigenvalue weighted by Gasteiger charge is 2.24. The molecule has 104 valence electrons. The molecule has 0 aliphatic carbocycles. The molecule has 3 nitrogen and oxygen atoms in total. The topological polar surface area (TPSA) is 38.7 Å². The lowest BCUT2D eigenvalue weighted by atomic mass is 10.2. The Morgan fingerprint density at radius 1 is 1.14 bits per heavy atom. The zero-order valence-electron chi connectivity index (χ0n) is 10.7. The van der Waals surface area contributed by atoms with E-state index in [-0.39, 0.29) is 11.6 Å². The smallest absolute Gasteiger partial charge is 0.363 e. The molecule has 2 aromatic rings. The Balaban J connectivity index is 1.93. The van der Waals surface area contributed by atoms with Gasteiger partial charge in [-0.05, 0) is 42.0 Å². The van der Waals surface area contributed by atoms with Gasteiger partial charge in [0.05, 0.1) is 0 Å². The van der Waals surface area contributed by atoms with Crippen molar-refractivity contribution in [2.75, 3.05) is 0 Å². The first kappa shape index (κ1) is 13.5. The number of nitrogens with zero attached hydrogens (tertiary/aromatic N) is 1. The second-order valence-corrected chi connectivity index (χ2v) is 4.83. The van der Waals surface area contributed by atoms with Gasteiger partial charge in [0, 0.05) is 10.6 Å². The van der Waals surface area contributed by atoms with E-state index in [9.17, 15) is 9.18 Å². The maximum absolute atomic E-state index is 13.2. The molecule has 3 rings (SSSR count). The van der Waals surface area contributed by atoms with Crippen LogP contribution in [0.5, 0.6) is 0 Å². The molecule has 2 aromatic carbocycles. The fraction of sp³-hybridized carbons (Fsp3) is 0. The van der Waals surface area contributed by atoms with Crippen LogP contribution in [-0.2, 0) is 9.53 Å². The molecule has 5 heteroatoms. The van der Waals surface area contributed by atoms with Crippen LogP contribution in [0.15, 0.2) is 59.2 Å². The second-order valence-electron chi connectivity index (χ2n) is 4.40. The van der Waals surface area contributed by atoms with Crippen molar-refractivity contribution in [3.8, 4) is 0 Å². The first-order valence-electron chi connectivity index (χ1n) is 6.16. The van der Waals surface area contributed by atoms with Gasteiger partial charge in [0.25, 0.3) is 0 Å². The molecule has 0 spiro atoms. The van der Waals surface area contributed by atoms with Crippen LogP contribution in [0.2, 0.25) is 5.02 Å². The molecule has 0 unspecified atom stereocenters. The third kappa shape index (κ3) is 3.01. The number of rotatable bonds is 2. The fourth-order valence-electron chi connectivity index (χ4n) is 1.87. The third-order valence-corrected chi connectivity index (χ3v) is 3.12. The normalized spacial score (nSPS) is 16.0. The van der Waals surface area contributed by atoms with E-state index in [1.807, 2.05) is 0 Å². The van der Waals surface area contributed by atoms with E-state index in [1.54, 1.807) is 36.4 Å². The minimum atomic E-state index is -0.566. The van der Waals surface area contributed by atoms with Crippen molar-refractivity contribution in [1.29, 1.82) is 0 Å². The number of esters is 1. The van der Waals surface area contributed by atoms with Crippen molar-refractivity contribution < 1.29 is 13.9 Å². The molecule has 21 heavy (non-hydrogen) atoms. The molecule has 0 N–H and O–H groups in total. The van der Waals surface area contributed by atoms with Crippen molar-refractivity contribution in [1.82, 2.24) is 0 Å². The van der Waals surface area contributed by atoms with Crippen LogP contribution in [0.25, 0.3) is 6.08 Å². The maximum Gasteiger partial charge on any atom is 0.363 e. The highest BCUT2D eigenvalue weighted by molar-refractivity contribution is 6.30. The van der Waals surface area contributed by atoms with Gasteiger partial charge in [-0.3, -0.25) is 0 Å². The van der Waals surface area contributed by atoms with Gasteiger partial charge in [0.15, 0.2) is 5.70 Å². The number of benzene rings is 2. The summed E-state index contributed by atoms with van der Waals surface area (Å²) in [5, 5.41) is 0.607. The number of aliphatic imine (C=N–C) groups is 1. The second kappa shape index (κ2) is 5.50. The van der Waals surface area contributed by atoms with Crippen LogP contribution in [-0.4, -0.2) is 11.9 Å². The van der Waals surface area contributed by atoms with Crippen molar-refractivity contribution in [3.05, 3.63) is 76.2 Å². The number of hydrogen-bond acceptors (Lipinski definition) is 3. The summed E-state index contributed by atoms with van der Waals surface area (Å²) in [6, 6.07) is 12.7. The Bertz CT molecular complexity index is 766. The molecule has 0 amide bonds. The van der Waals surface area contributed by atoms with E-state index in [4.69, 9.17) is 16.3 Å². The predicted molar refractivity (Wildman–Crippen MR) is 78.5 cm³/mol. The minimum Gasteiger partial charge on any atom is -0.402 e. The van der Waals surface area contributed by atoms with Gasteiger partial charge in [-0.1, -0.05) is 29.8 Å². The lowest BCUT2D eigenvalue weighted by Gasteiger charge is -1.98. The number of carbonyl (C=O) groups excluding carboxylic acids is 1. The van der Waals surface area contributed by atoms with E-state index in [0.29, 0.717) is 10.6 Å². The van der Waals surface area contributed by atoms with Gasteiger partial charge in [0.1, 0.15) is 5.82 Å². The van der Waals surface area contributed by atoms with Gasteiger partial charge < -0.3 is 4.74 Å². The standard InChI is InChI=1S/C16H9ClFNO2/c17-12-6-4-10(5-7-12)8-14-16(20)21-15(19-14)11-2-1-3-13(18)9-11/h1-9H/b14-8-. The average Bonchev–Trinajstić information content (AvgIpc) is 2.83. The van der Waals surface area contributed by atoms with E-state index in [0.717, 1.165) is 5.56 Å². The molecule has 0 atom stereocenters. The molecule has 0 fully saturated rings. The quantitative estimate of drug-likeness (QED) is 0.625. The van der Waals surface area contributed by atoms with Gasteiger partial charge in [-0.2, -0.15) is 0 Å². The number of carbonyl (C=O) groups is 1. The number of halogens is 2. The van der Waals surface area contributed by atoms with E-state index >= 15 is 0 Å². The first-order valence-corrected chi connectivity index (χ1v) is 6.54. The lowest BCUT2D eigenvalue weighted by Crippen LogP contribution is -2.05. The highest BCUT2D eigenvalue weighted by Crippen LogP contribution is 2.20. The van der Waals surface area contributed by atoms with Crippen molar-refractivity contribution in [2.24, 2.45) is 4.99 Å². The van der Waals surface area contributed by atoms with Crippen LogP contribution in [0.4, 0.5) is 4.39 Å². The number of hydrogen-bond donors (Lipinski definition) is 0. The summed E-state index contributed by atoms with van der Waals surface area (Å²) in [6.07, 6.45) is 1.59. The van der Waals surface area contributed by atoms with Crippen LogP contribution < -0.4 is 0 Å². The van der Waals surface area contributed by atoms with Gasteiger partial charge in [-0.25, -0.2) is 14.2 Å².